The average molecular weight is 225 g/mol. The third kappa shape index (κ3) is 1.55. The molecular weight excluding hydrogens is 206 g/mol. The SMILES string of the molecule is CC1OCCC1C(=O)N1CC(O)(C2CC2)C1. The molecule has 1 aliphatic carbocycles. The first-order valence-corrected chi connectivity index (χ1v) is 6.23. The van der Waals surface area contributed by atoms with Gasteiger partial charge in [-0.1, -0.05) is 0 Å². The maximum absolute atomic E-state index is 12.1. The van der Waals surface area contributed by atoms with Gasteiger partial charge in [0.1, 0.15) is 5.60 Å². The summed E-state index contributed by atoms with van der Waals surface area (Å²) >= 11 is 0. The predicted molar refractivity (Wildman–Crippen MR) is 57.8 cm³/mol. The standard InChI is InChI=1S/C12H19NO3/c1-8-10(4-5-16-8)11(14)13-6-12(15,7-13)9-2-3-9/h8-10,15H,2-7H2,1H3. The van der Waals surface area contributed by atoms with E-state index < -0.39 is 5.60 Å². The lowest BCUT2D eigenvalue weighted by Gasteiger charge is -2.48. The van der Waals surface area contributed by atoms with E-state index in [1.807, 2.05) is 6.92 Å². The Hall–Kier alpha value is -0.610. The second kappa shape index (κ2) is 3.44. The van der Waals surface area contributed by atoms with Crippen molar-refractivity contribution in [2.45, 2.75) is 37.9 Å². The lowest BCUT2D eigenvalue weighted by atomic mass is 9.86. The van der Waals surface area contributed by atoms with Crippen molar-refractivity contribution in [1.82, 2.24) is 4.90 Å². The molecule has 4 nitrogen and oxygen atoms in total. The van der Waals surface area contributed by atoms with Gasteiger partial charge in [0.25, 0.3) is 0 Å². The number of aliphatic hydroxyl groups is 1. The van der Waals surface area contributed by atoms with E-state index in [1.54, 1.807) is 4.90 Å². The minimum absolute atomic E-state index is 0.0174. The Labute approximate surface area is 95.6 Å². The number of amides is 1. The summed E-state index contributed by atoms with van der Waals surface area (Å²) in [4.78, 5) is 13.9. The van der Waals surface area contributed by atoms with Crippen molar-refractivity contribution in [2.75, 3.05) is 19.7 Å². The molecule has 2 atom stereocenters. The van der Waals surface area contributed by atoms with Crippen molar-refractivity contribution in [3.63, 3.8) is 0 Å². The molecule has 90 valence electrons. The summed E-state index contributed by atoms with van der Waals surface area (Å²) in [5.74, 6) is 0.646. The topological polar surface area (TPSA) is 49.8 Å². The largest absolute Gasteiger partial charge is 0.386 e. The Morgan fingerprint density at radius 3 is 2.56 bits per heavy atom. The van der Waals surface area contributed by atoms with Crippen LogP contribution in [0, 0.1) is 11.8 Å². The molecule has 16 heavy (non-hydrogen) atoms. The highest BCUT2D eigenvalue weighted by molar-refractivity contribution is 5.80. The fourth-order valence-electron chi connectivity index (χ4n) is 2.94. The van der Waals surface area contributed by atoms with Crippen LogP contribution in [0.25, 0.3) is 0 Å². The molecule has 3 rings (SSSR count). The normalized spacial score (nSPS) is 37.2. The molecule has 1 saturated carbocycles. The zero-order valence-electron chi connectivity index (χ0n) is 9.69. The molecule has 2 saturated heterocycles. The van der Waals surface area contributed by atoms with Crippen molar-refractivity contribution < 1.29 is 14.6 Å². The fourth-order valence-corrected chi connectivity index (χ4v) is 2.94. The summed E-state index contributed by atoms with van der Waals surface area (Å²) in [6, 6.07) is 0. The summed E-state index contributed by atoms with van der Waals surface area (Å²) in [5, 5.41) is 10.2. The lowest BCUT2D eigenvalue weighted by molar-refractivity contribution is -0.164. The van der Waals surface area contributed by atoms with Gasteiger partial charge in [0.15, 0.2) is 0 Å². The van der Waals surface area contributed by atoms with E-state index in [0.717, 1.165) is 19.3 Å². The molecule has 2 unspecified atom stereocenters. The van der Waals surface area contributed by atoms with E-state index in [4.69, 9.17) is 4.74 Å². The monoisotopic (exact) mass is 225 g/mol. The van der Waals surface area contributed by atoms with Crippen LogP contribution >= 0.6 is 0 Å². The van der Waals surface area contributed by atoms with Crippen LogP contribution in [0.3, 0.4) is 0 Å². The second-order valence-electron chi connectivity index (χ2n) is 5.54. The average Bonchev–Trinajstić information content (AvgIpc) is 2.97. The number of hydrogen-bond donors (Lipinski definition) is 1. The van der Waals surface area contributed by atoms with Crippen LogP contribution in [0.1, 0.15) is 26.2 Å². The van der Waals surface area contributed by atoms with E-state index in [-0.39, 0.29) is 17.9 Å². The molecule has 0 radical (unpaired) electrons. The highest BCUT2D eigenvalue weighted by Gasteiger charge is 2.54. The van der Waals surface area contributed by atoms with Crippen molar-refractivity contribution in [3.05, 3.63) is 0 Å². The quantitative estimate of drug-likeness (QED) is 0.740. The highest BCUT2D eigenvalue weighted by atomic mass is 16.5. The number of ether oxygens (including phenoxy) is 1. The maximum atomic E-state index is 12.1. The summed E-state index contributed by atoms with van der Waals surface area (Å²) in [7, 11) is 0. The van der Waals surface area contributed by atoms with Gasteiger partial charge in [0, 0.05) is 6.61 Å². The third-order valence-corrected chi connectivity index (χ3v) is 4.27. The first-order chi connectivity index (χ1) is 7.60. The van der Waals surface area contributed by atoms with Crippen LogP contribution in [0.15, 0.2) is 0 Å². The highest BCUT2D eigenvalue weighted by Crippen LogP contribution is 2.45. The number of likely N-dealkylation sites (tertiary alicyclic amines) is 1. The maximum Gasteiger partial charge on any atom is 0.228 e. The Balaban J connectivity index is 1.57. The second-order valence-corrected chi connectivity index (χ2v) is 5.54. The van der Waals surface area contributed by atoms with Gasteiger partial charge in [-0.25, -0.2) is 0 Å². The molecule has 2 heterocycles. The van der Waals surface area contributed by atoms with Crippen molar-refractivity contribution in [2.24, 2.45) is 11.8 Å². The van der Waals surface area contributed by atoms with E-state index in [2.05, 4.69) is 0 Å². The fraction of sp³-hybridized carbons (Fsp3) is 0.917. The van der Waals surface area contributed by atoms with Gasteiger partial charge in [-0.15, -0.1) is 0 Å². The predicted octanol–water partition coefficient (Wildman–Crippen LogP) is 0.395. The minimum Gasteiger partial charge on any atom is -0.386 e. The van der Waals surface area contributed by atoms with E-state index >= 15 is 0 Å². The molecule has 2 aliphatic heterocycles. The zero-order valence-corrected chi connectivity index (χ0v) is 9.69. The van der Waals surface area contributed by atoms with Crippen LogP contribution in [0.4, 0.5) is 0 Å². The zero-order chi connectivity index (χ0) is 11.3. The third-order valence-electron chi connectivity index (χ3n) is 4.27. The van der Waals surface area contributed by atoms with Crippen LogP contribution < -0.4 is 0 Å². The van der Waals surface area contributed by atoms with Gasteiger partial charge in [0.2, 0.25) is 5.91 Å². The minimum atomic E-state index is -0.557. The molecule has 3 fully saturated rings. The molecule has 0 bridgehead atoms. The van der Waals surface area contributed by atoms with Crippen molar-refractivity contribution in [1.29, 1.82) is 0 Å². The Morgan fingerprint density at radius 1 is 1.38 bits per heavy atom. The van der Waals surface area contributed by atoms with E-state index in [9.17, 15) is 9.90 Å². The summed E-state index contributed by atoms with van der Waals surface area (Å²) < 4.78 is 5.41. The van der Waals surface area contributed by atoms with Crippen molar-refractivity contribution >= 4 is 5.91 Å². The molecule has 4 heteroatoms. The van der Waals surface area contributed by atoms with E-state index in [0.29, 0.717) is 25.6 Å². The van der Waals surface area contributed by atoms with Gasteiger partial charge >= 0.3 is 0 Å². The van der Waals surface area contributed by atoms with Gasteiger partial charge in [0.05, 0.1) is 25.1 Å². The van der Waals surface area contributed by atoms with Gasteiger partial charge in [-0.2, -0.15) is 0 Å². The number of nitrogens with zero attached hydrogens (tertiary/aromatic N) is 1. The summed E-state index contributed by atoms with van der Waals surface area (Å²) in [6.07, 6.45) is 3.13. The number of carbonyl (C=O) groups excluding carboxylic acids is 1. The number of rotatable bonds is 2. The number of hydrogen-bond acceptors (Lipinski definition) is 3. The molecule has 1 N–H and O–H groups in total. The van der Waals surface area contributed by atoms with Gasteiger partial charge < -0.3 is 14.7 Å². The molecule has 0 aromatic heterocycles. The van der Waals surface area contributed by atoms with Crippen LogP contribution in [-0.4, -0.2) is 47.3 Å². The Bertz CT molecular complexity index is 307. The van der Waals surface area contributed by atoms with Gasteiger partial charge in [-0.3, -0.25) is 4.79 Å². The van der Waals surface area contributed by atoms with E-state index in [1.165, 1.54) is 0 Å². The van der Waals surface area contributed by atoms with Crippen LogP contribution in [0.5, 0.6) is 0 Å². The van der Waals surface area contributed by atoms with Crippen molar-refractivity contribution in [3.8, 4) is 0 Å². The Kier molecular flexibility index (Phi) is 2.27. The molecular formula is C12H19NO3. The molecule has 3 aliphatic rings. The van der Waals surface area contributed by atoms with Crippen LogP contribution in [0.2, 0.25) is 0 Å². The molecule has 0 spiro atoms. The smallest absolute Gasteiger partial charge is 0.228 e. The summed E-state index contributed by atoms with van der Waals surface area (Å²) in [6.45, 7) is 3.74. The number of carbonyl (C=O) groups is 1. The van der Waals surface area contributed by atoms with Gasteiger partial charge in [-0.05, 0) is 32.1 Å². The molecule has 0 aromatic rings. The molecule has 1 amide bonds. The summed E-state index contributed by atoms with van der Waals surface area (Å²) in [5.41, 5.74) is -0.557. The number of β-amino-alcohol motifs (C(OH)–C–C–N with tert-alkyl or cyclic N) is 1. The first-order valence-electron chi connectivity index (χ1n) is 6.23. The molecule has 0 aromatic carbocycles. The Morgan fingerprint density at radius 2 is 2.06 bits per heavy atom. The lowest BCUT2D eigenvalue weighted by Crippen LogP contribution is -2.65. The van der Waals surface area contributed by atoms with Crippen LogP contribution in [-0.2, 0) is 9.53 Å². The first kappa shape index (κ1) is 10.5.